The fraction of sp³-hybridized carbons (Fsp3) is 0.250. The number of rotatable bonds is 3. The Morgan fingerprint density at radius 3 is 2.76 bits per heavy atom. The van der Waals surface area contributed by atoms with E-state index in [1.165, 1.54) is 6.07 Å². The van der Waals surface area contributed by atoms with Gasteiger partial charge in [0.1, 0.15) is 0 Å². The Labute approximate surface area is 100 Å². The molecule has 0 atom stereocenters. The number of nitrogens with zero attached hydrogens (tertiary/aromatic N) is 1. The minimum atomic E-state index is -3.27. The van der Waals surface area contributed by atoms with Gasteiger partial charge in [0.2, 0.25) is 0 Å². The largest absolute Gasteiger partial charge is 0.398 e. The van der Waals surface area contributed by atoms with Crippen LogP contribution in [0.3, 0.4) is 0 Å². The first-order valence-corrected chi connectivity index (χ1v) is 7.07. The van der Waals surface area contributed by atoms with Crippen molar-refractivity contribution in [1.29, 1.82) is 0 Å². The minimum Gasteiger partial charge on any atom is -0.398 e. The highest BCUT2D eigenvalue weighted by molar-refractivity contribution is 7.91. The lowest BCUT2D eigenvalue weighted by atomic mass is 10.2. The average Bonchev–Trinajstić information content (AvgIpc) is 2.29. The fourth-order valence-electron chi connectivity index (χ4n) is 1.80. The van der Waals surface area contributed by atoms with Gasteiger partial charge < -0.3 is 5.73 Å². The van der Waals surface area contributed by atoms with Gasteiger partial charge >= 0.3 is 0 Å². The van der Waals surface area contributed by atoms with Gasteiger partial charge in [0.15, 0.2) is 9.84 Å². The molecule has 0 aliphatic heterocycles. The van der Waals surface area contributed by atoms with Gasteiger partial charge in [0.05, 0.1) is 16.2 Å². The van der Waals surface area contributed by atoms with Gasteiger partial charge in [-0.05, 0) is 30.7 Å². The Hall–Kier alpha value is -1.62. The monoisotopic (exact) mass is 250 g/mol. The Morgan fingerprint density at radius 1 is 1.29 bits per heavy atom. The third kappa shape index (κ3) is 2.10. The molecule has 0 radical (unpaired) electrons. The number of benzene rings is 1. The van der Waals surface area contributed by atoms with Crippen LogP contribution < -0.4 is 5.73 Å². The van der Waals surface area contributed by atoms with Gasteiger partial charge in [-0.2, -0.15) is 0 Å². The molecule has 0 saturated heterocycles. The summed E-state index contributed by atoms with van der Waals surface area (Å²) in [5.41, 5.74) is 6.81. The number of hydrogen-bond donors (Lipinski definition) is 1. The van der Waals surface area contributed by atoms with Gasteiger partial charge in [0.25, 0.3) is 0 Å². The molecule has 2 N–H and O–H groups in total. The number of hydrogen-bond acceptors (Lipinski definition) is 4. The highest BCUT2D eigenvalue weighted by Crippen LogP contribution is 2.26. The van der Waals surface area contributed by atoms with Crippen LogP contribution in [0.4, 0.5) is 5.69 Å². The smallest absolute Gasteiger partial charge is 0.180 e. The molecule has 1 aromatic heterocycles. The van der Waals surface area contributed by atoms with Crippen molar-refractivity contribution in [3.05, 3.63) is 30.5 Å². The van der Waals surface area contributed by atoms with E-state index in [-0.39, 0.29) is 10.6 Å². The molecule has 0 fully saturated rings. The molecule has 90 valence electrons. The zero-order chi connectivity index (χ0) is 12.5. The average molecular weight is 250 g/mol. The molecule has 0 aliphatic rings. The summed E-state index contributed by atoms with van der Waals surface area (Å²) in [6.45, 7) is 1.84. The van der Waals surface area contributed by atoms with Crippen LogP contribution in [0.25, 0.3) is 10.9 Å². The summed E-state index contributed by atoms with van der Waals surface area (Å²) in [4.78, 5) is 4.40. The number of nitrogens with two attached hydrogens (primary N) is 1. The van der Waals surface area contributed by atoms with E-state index in [1.54, 1.807) is 24.4 Å². The molecule has 0 saturated carbocycles. The van der Waals surface area contributed by atoms with E-state index < -0.39 is 9.84 Å². The second-order valence-corrected chi connectivity index (χ2v) is 5.95. The minimum absolute atomic E-state index is 0.128. The van der Waals surface area contributed by atoms with Crippen LogP contribution >= 0.6 is 0 Å². The second-order valence-electron chi connectivity index (χ2n) is 3.87. The Balaban J connectivity index is 2.76. The SMILES string of the molecule is CCCS(=O)(=O)c1ccc(N)c2cccnc12. The molecule has 2 rings (SSSR count). The Kier molecular flexibility index (Phi) is 3.02. The van der Waals surface area contributed by atoms with Crippen molar-refractivity contribution in [2.75, 3.05) is 11.5 Å². The van der Waals surface area contributed by atoms with Crippen molar-refractivity contribution in [3.8, 4) is 0 Å². The lowest BCUT2D eigenvalue weighted by Gasteiger charge is -2.08. The van der Waals surface area contributed by atoms with E-state index >= 15 is 0 Å². The normalized spacial score (nSPS) is 11.8. The van der Waals surface area contributed by atoms with Crippen molar-refractivity contribution in [2.45, 2.75) is 18.2 Å². The fourth-order valence-corrected chi connectivity index (χ4v) is 3.29. The topological polar surface area (TPSA) is 73.0 Å². The molecule has 2 aromatic rings. The quantitative estimate of drug-likeness (QED) is 0.846. The molecule has 0 aliphatic carbocycles. The molecule has 5 heteroatoms. The number of aromatic nitrogens is 1. The standard InChI is InChI=1S/C12H14N2O2S/c1-2-8-17(15,16)11-6-5-10(13)9-4-3-7-14-12(9)11/h3-7H,2,8,13H2,1H3. The van der Waals surface area contributed by atoms with Crippen LogP contribution in [0.5, 0.6) is 0 Å². The highest BCUT2D eigenvalue weighted by Gasteiger charge is 2.18. The predicted octanol–water partition coefficient (Wildman–Crippen LogP) is 2.00. The van der Waals surface area contributed by atoms with Gasteiger partial charge in [-0.1, -0.05) is 6.92 Å². The Morgan fingerprint density at radius 2 is 2.06 bits per heavy atom. The lowest BCUT2D eigenvalue weighted by Crippen LogP contribution is -2.07. The van der Waals surface area contributed by atoms with Gasteiger partial charge in [0, 0.05) is 17.3 Å². The van der Waals surface area contributed by atoms with Crippen LogP contribution in [0.15, 0.2) is 35.4 Å². The third-order valence-corrected chi connectivity index (χ3v) is 4.52. The zero-order valence-corrected chi connectivity index (χ0v) is 10.4. The summed E-state index contributed by atoms with van der Waals surface area (Å²) < 4.78 is 24.2. The van der Waals surface area contributed by atoms with E-state index in [1.807, 2.05) is 6.92 Å². The van der Waals surface area contributed by atoms with Crippen LogP contribution in [0, 0.1) is 0 Å². The van der Waals surface area contributed by atoms with Crippen molar-refractivity contribution in [3.63, 3.8) is 0 Å². The van der Waals surface area contributed by atoms with Crippen molar-refractivity contribution >= 4 is 26.4 Å². The van der Waals surface area contributed by atoms with Crippen molar-refractivity contribution < 1.29 is 8.42 Å². The molecule has 4 nitrogen and oxygen atoms in total. The van der Waals surface area contributed by atoms with Crippen molar-refractivity contribution in [2.24, 2.45) is 0 Å². The first-order valence-electron chi connectivity index (χ1n) is 5.42. The number of nitrogen functional groups attached to an aromatic ring is 1. The summed E-state index contributed by atoms with van der Waals surface area (Å²) in [7, 11) is -3.27. The van der Waals surface area contributed by atoms with Gasteiger partial charge in [-0.3, -0.25) is 4.98 Å². The molecule has 1 aromatic carbocycles. The van der Waals surface area contributed by atoms with Gasteiger partial charge in [-0.15, -0.1) is 0 Å². The first-order chi connectivity index (χ1) is 8.06. The molecule has 17 heavy (non-hydrogen) atoms. The van der Waals surface area contributed by atoms with E-state index in [0.717, 1.165) is 0 Å². The summed E-state index contributed by atoms with van der Waals surface area (Å²) >= 11 is 0. The maximum absolute atomic E-state index is 12.1. The number of sulfone groups is 1. The molecule has 0 unspecified atom stereocenters. The maximum atomic E-state index is 12.1. The first kappa shape index (κ1) is 11.9. The highest BCUT2D eigenvalue weighted by atomic mass is 32.2. The summed E-state index contributed by atoms with van der Waals surface area (Å²) in [6.07, 6.45) is 2.16. The molecule has 0 spiro atoms. The van der Waals surface area contributed by atoms with E-state index in [2.05, 4.69) is 4.98 Å². The second kappa shape index (κ2) is 4.33. The van der Waals surface area contributed by atoms with E-state index in [9.17, 15) is 8.42 Å². The number of fused-ring (bicyclic) bond motifs is 1. The summed E-state index contributed by atoms with van der Waals surface area (Å²) in [5, 5.41) is 0.685. The summed E-state index contributed by atoms with van der Waals surface area (Å²) in [6, 6.07) is 6.68. The molecular formula is C12H14N2O2S. The van der Waals surface area contributed by atoms with Crippen LogP contribution in [-0.2, 0) is 9.84 Å². The number of anilines is 1. The zero-order valence-electron chi connectivity index (χ0n) is 9.55. The Bertz CT molecular complexity index is 651. The third-order valence-electron chi connectivity index (χ3n) is 2.57. The molecule has 0 amide bonds. The van der Waals surface area contributed by atoms with Crippen molar-refractivity contribution in [1.82, 2.24) is 4.98 Å². The van der Waals surface area contributed by atoms with Gasteiger partial charge in [-0.25, -0.2) is 8.42 Å². The molecule has 1 heterocycles. The molecular weight excluding hydrogens is 236 g/mol. The molecule has 0 bridgehead atoms. The van der Waals surface area contributed by atoms with Crippen LogP contribution in [-0.4, -0.2) is 19.2 Å². The van der Waals surface area contributed by atoms with E-state index in [4.69, 9.17) is 5.73 Å². The summed E-state index contributed by atoms with van der Waals surface area (Å²) in [5.74, 6) is 0.128. The van der Waals surface area contributed by atoms with Crippen LogP contribution in [0.2, 0.25) is 0 Å². The van der Waals surface area contributed by atoms with Crippen LogP contribution in [0.1, 0.15) is 13.3 Å². The van der Waals surface area contributed by atoms with E-state index in [0.29, 0.717) is 23.0 Å². The predicted molar refractivity (Wildman–Crippen MR) is 68.5 cm³/mol. The number of pyridine rings is 1. The maximum Gasteiger partial charge on any atom is 0.180 e. The lowest BCUT2D eigenvalue weighted by molar-refractivity contribution is 0.595.